The molecule has 0 bridgehead atoms. The number of amides is 1. The van der Waals surface area contributed by atoms with Gasteiger partial charge in [-0.3, -0.25) is 4.79 Å². The maximum atomic E-state index is 13.0. The summed E-state index contributed by atoms with van der Waals surface area (Å²) in [6.07, 6.45) is 1.27. The van der Waals surface area contributed by atoms with Gasteiger partial charge in [-0.25, -0.2) is 18.7 Å². The van der Waals surface area contributed by atoms with Gasteiger partial charge in [-0.1, -0.05) is 0 Å². The molecule has 0 aliphatic carbocycles. The first-order chi connectivity index (χ1) is 14.0. The molecule has 156 valence electrons. The predicted molar refractivity (Wildman–Crippen MR) is 104 cm³/mol. The van der Waals surface area contributed by atoms with Gasteiger partial charge >= 0.3 is 0 Å². The van der Waals surface area contributed by atoms with E-state index in [1.165, 1.54) is 12.3 Å². The Morgan fingerprint density at radius 2 is 2.14 bits per heavy atom. The van der Waals surface area contributed by atoms with Gasteiger partial charge < -0.3 is 19.7 Å². The molecule has 29 heavy (non-hydrogen) atoms. The molecule has 9 heteroatoms. The van der Waals surface area contributed by atoms with Gasteiger partial charge in [0.15, 0.2) is 0 Å². The Bertz CT molecular complexity index is 837. The second-order valence-electron chi connectivity index (χ2n) is 6.75. The maximum absolute atomic E-state index is 13.0. The van der Waals surface area contributed by atoms with E-state index >= 15 is 0 Å². The Balaban J connectivity index is 1.65. The summed E-state index contributed by atoms with van der Waals surface area (Å²) in [4.78, 5) is 23.2. The molecular formula is C20H24F2N4O3. The van der Waals surface area contributed by atoms with Crippen LogP contribution >= 0.6 is 0 Å². The van der Waals surface area contributed by atoms with Crippen molar-refractivity contribution in [1.29, 1.82) is 0 Å². The van der Waals surface area contributed by atoms with Crippen molar-refractivity contribution in [2.24, 2.45) is 0 Å². The van der Waals surface area contributed by atoms with Gasteiger partial charge in [0.25, 0.3) is 12.3 Å². The third-order valence-electron chi connectivity index (χ3n) is 4.58. The maximum Gasteiger partial charge on any atom is 0.272 e. The number of rotatable bonds is 8. The monoisotopic (exact) mass is 406 g/mol. The second-order valence-corrected chi connectivity index (χ2v) is 6.75. The van der Waals surface area contributed by atoms with E-state index in [0.29, 0.717) is 36.2 Å². The molecule has 0 aromatic carbocycles. The first-order valence-corrected chi connectivity index (χ1v) is 9.50. The van der Waals surface area contributed by atoms with E-state index in [2.05, 4.69) is 15.3 Å². The highest BCUT2D eigenvalue weighted by molar-refractivity contribution is 5.96. The molecule has 0 spiro atoms. The smallest absolute Gasteiger partial charge is 0.272 e. The number of ether oxygens (including phenoxy) is 2. The van der Waals surface area contributed by atoms with E-state index in [9.17, 15) is 13.6 Å². The minimum absolute atomic E-state index is 0.00736. The molecule has 3 heterocycles. The summed E-state index contributed by atoms with van der Waals surface area (Å²) in [5.74, 6) is 1.02. The minimum Gasteiger partial charge on any atom is -0.487 e. The number of hydrogen-bond donors (Lipinski definition) is 1. The SMILES string of the molecule is CCOc1ncccc1C(=O)N1C[C@H](Nc2cc(OCC(F)F)ccn2)C[C@H]1C. The molecule has 3 rings (SSSR count). The highest BCUT2D eigenvalue weighted by Crippen LogP contribution is 2.26. The third kappa shape index (κ3) is 5.30. The predicted octanol–water partition coefficient (Wildman–Crippen LogP) is 3.23. The summed E-state index contributed by atoms with van der Waals surface area (Å²) in [5, 5.41) is 3.26. The van der Waals surface area contributed by atoms with Crippen molar-refractivity contribution in [3.05, 3.63) is 42.2 Å². The van der Waals surface area contributed by atoms with E-state index < -0.39 is 13.0 Å². The van der Waals surface area contributed by atoms with Gasteiger partial charge in [0, 0.05) is 37.1 Å². The molecule has 1 fully saturated rings. The van der Waals surface area contributed by atoms with Gasteiger partial charge in [-0.05, 0) is 38.5 Å². The Morgan fingerprint density at radius 3 is 2.90 bits per heavy atom. The van der Waals surface area contributed by atoms with Crippen LogP contribution in [-0.2, 0) is 0 Å². The zero-order valence-corrected chi connectivity index (χ0v) is 16.3. The van der Waals surface area contributed by atoms with Crippen molar-refractivity contribution < 1.29 is 23.0 Å². The molecule has 7 nitrogen and oxygen atoms in total. The Kier molecular flexibility index (Phi) is 6.79. The van der Waals surface area contributed by atoms with Gasteiger partial charge in [0.2, 0.25) is 5.88 Å². The lowest BCUT2D eigenvalue weighted by Gasteiger charge is -2.22. The third-order valence-corrected chi connectivity index (χ3v) is 4.58. The van der Waals surface area contributed by atoms with E-state index in [1.807, 2.05) is 13.8 Å². The van der Waals surface area contributed by atoms with Crippen molar-refractivity contribution in [3.63, 3.8) is 0 Å². The van der Waals surface area contributed by atoms with Crippen LogP contribution in [-0.4, -0.2) is 59.0 Å². The number of pyridine rings is 2. The zero-order valence-electron chi connectivity index (χ0n) is 16.3. The molecule has 2 aromatic rings. The normalized spacial score (nSPS) is 18.7. The van der Waals surface area contributed by atoms with Crippen LogP contribution in [0.3, 0.4) is 0 Å². The molecule has 2 atom stereocenters. The van der Waals surface area contributed by atoms with Crippen LogP contribution in [0.25, 0.3) is 0 Å². The average molecular weight is 406 g/mol. The van der Waals surface area contributed by atoms with Crippen LogP contribution in [0.15, 0.2) is 36.7 Å². The molecule has 2 aromatic heterocycles. The van der Waals surface area contributed by atoms with E-state index in [0.717, 1.165) is 6.42 Å². The first kappa shape index (κ1) is 20.8. The number of halogens is 2. The summed E-state index contributed by atoms with van der Waals surface area (Å²) in [5.41, 5.74) is 0.433. The van der Waals surface area contributed by atoms with Crippen molar-refractivity contribution >= 4 is 11.7 Å². The standard InChI is InChI=1S/C20H24F2N4O3/c1-3-28-19-16(5-4-7-24-19)20(27)26-11-14(9-13(26)2)25-18-10-15(6-8-23-18)29-12-17(21)22/h4-8,10,13-14,17H,3,9,11-12H2,1-2H3,(H,23,25)/t13-,14-/m1/s1. The van der Waals surface area contributed by atoms with Crippen LogP contribution in [0.1, 0.15) is 30.6 Å². The number of carbonyl (C=O) groups is 1. The molecule has 0 unspecified atom stereocenters. The zero-order chi connectivity index (χ0) is 20.8. The van der Waals surface area contributed by atoms with Gasteiger partial charge in [-0.2, -0.15) is 0 Å². The fourth-order valence-corrected chi connectivity index (χ4v) is 3.33. The molecule has 1 aliphatic heterocycles. The molecule has 0 radical (unpaired) electrons. The molecule has 1 saturated heterocycles. The molecule has 0 saturated carbocycles. The van der Waals surface area contributed by atoms with E-state index in [-0.39, 0.29) is 18.0 Å². The second kappa shape index (κ2) is 9.49. The fourth-order valence-electron chi connectivity index (χ4n) is 3.33. The number of alkyl halides is 2. The van der Waals surface area contributed by atoms with Gasteiger partial charge in [-0.15, -0.1) is 0 Å². The molecular weight excluding hydrogens is 382 g/mol. The summed E-state index contributed by atoms with van der Waals surface area (Å²) < 4.78 is 35.1. The number of hydrogen-bond acceptors (Lipinski definition) is 6. The Morgan fingerprint density at radius 1 is 1.31 bits per heavy atom. The highest BCUT2D eigenvalue weighted by atomic mass is 19.3. The van der Waals surface area contributed by atoms with Crippen LogP contribution < -0.4 is 14.8 Å². The molecule has 1 N–H and O–H groups in total. The number of nitrogens with zero attached hydrogens (tertiary/aromatic N) is 3. The Labute approximate surface area is 168 Å². The van der Waals surface area contributed by atoms with Gasteiger partial charge in [0.1, 0.15) is 23.7 Å². The Hall–Kier alpha value is -2.97. The lowest BCUT2D eigenvalue weighted by molar-refractivity contribution is 0.0741. The summed E-state index contributed by atoms with van der Waals surface area (Å²) >= 11 is 0. The van der Waals surface area contributed by atoms with Crippen LogP contribution in [0.5, 0.6) is 11.6 Å². The van der Waals surface area contributed by atoms with E-state index in [1.54, 1.807) is 29.3 Å². The summed E-state index contributed by atoms with van der Waals surface area (Å²) in [7, 11) is 0. The van der Waals surface area contributed by atoms with E-state index in [4.69, 9.17) is 9.47 Å². The van der Waals surface area contributed by atoms with Crippen LogP contribution in [0.2, 0.25) is 0 Å². The topological polar surface area (TPSA) is 76.6 Å². The first-order valence-electron chi connectivity index (χ1n) is 9.50. The van der Waals surface area contributed by atoms with Crippen molar-refractivity contribution in [2.45, 2.75) is 38.8 Å². The number of likely N-dealkylation sites (tertiary alicyclic amines) is 1. The number of aromatic nitrogens is 2. The van der Waals surface area contributed by atoms with Crippen LogP contribution in [0.4, 0.5) is 14.6 Å². The lowest BCUT2D eigenvalue weighted by atomic mass is 10.2. The van der Waals surface area contributed by atoms with Crippen molar-refractivity contribution in [1.82, 2.24) is 14.9 Å². The average Bonchev–Trinajstić information content (AvgIpc) is 3.07. The lowest BCUT2D eigenvalue weighted by Crippen LogP contribution is -2.35. The number of anilines is 1. The molecule has 1 aliphatic rings. The van der Waals surface area contributed by atoms with Gasteiger partial charge in [0.05, 0.1) is 6.61 Å². The largest absolute Gasteiger partial charge is 0.487 e. The quantitative estimate of drug-likeness (QED) is 0.725. The van der Waals surface area contributed by atoms with Crippen molar-refractivity contribution in [2.75, 3.05) is 25.1 Å². The minimum atomic E-state index is -2.54. The number of nitrogens with one attached hydrogen (secondary N) is 1. The summed E-state index contributed by atoms with van der Waals surface area (Å²) in [6, 6.07) is 6.50. The van der Waals surface area contributed by atoms with Crippen molar-refractivity contribution in [3.8, 4) is 11.6 Å². The molecule has 1 amide bonds. The fraction of sp³-hybridized carbons (Fsp3) is 0.450. The number of carbonyl (C=O) groups excluding carboxylic acids is 1. The van der Waals surface area contributed by atoms with Crippen LogP contribution in [0, 0.1) is 0 Å². The highest BCUT2D eigenvalue weighted by Gasteiger charge is 2.34. The summed E-state index contributed by atoms with van der Waals surface area (Å²) in [6.45, 7) is 4.05.